The van der Waals surface area contributed by atoms with Crippen molar-refractivity contribution < 1.29 is 0 Å². The molecule has 0 fully saturated rings. The van der Waals surface area contributed by atoms with Crippen molar-refractivity contribution >= 4 is 0 Å². The normalized spacial score (nSPS) is 27.8. The van der Waals surface area contributed by atoms with E-state index < -0.39 is 0 Å². The first-order valence-corrected chi connectivity index (χ1v) is 4.01. The van der Waals surface area contributed by atoms with Crippen molar-refractivity contribution in [3.8, 4) is 0 Å². The molecule has 0 spiro atoms. The predicted octanol–water partition coefficient (Wildman–Crippen LogP) is 3.14. The summed E-state index contributed by atoms with van der Waals surface area (Å²) in [5, 5.41) is 0. The van der Waals surface area contributed by atoms with Gasteiger partial charge in [0.15, 0.2) is 0 Å². The highest BCUT2D eigenvalue weighted by atomic mass is 14.2. The first kappa shape index (κ1) is 6.85. The molecule has 0 saturated carbocycles. The third-order valence-electron chi connectivity index (χ3n) is 2.36. The minimum absolute atomic E-state index is 0.916. The van der Waals surface area contributed by atoms with Crippen molar-refractivity contribution in [3.63, 3.8) is 0 Å². The van der Waals surface area contributed by atoms with E-state index in [9.17, 15) is 0 Å². The smallest absolute Gasteiger partial charge is 0.0209 e. The van der Waals surface area contributed by atoms with Gasteiger partial charge in [-0.2, -0.15) is 0 Å². The van der Waals surface area contributed by atoms with Gasteiger partial charge in [0.25, 0.3) is 0 Å². The lowest BCUT2D eigenvalue weighted by Gasteiger charge is -2.19. The van der Waals surface area contributed by atoms with E-state index in [0.717, 1.165) is 5.92 Å². The van der Waals surface area contributed by atoms with Crippen LogP contribution >= 0.6 is 0 Å². The van der Waals surface area contributed by atoms with Crippen molar-refractivity contribution in [1.82, 2.24) is 0 Å². The monoisotopic (exact) mass is 124 g/mol. The van der Waals surface area contributed by atoms with Crippen LogP contribution in [0.5, 0.6) is 0 Å². The summed E-state index contributed by atoms with van der Waals surface area (Å²) in [7, 11) is 0. The first-order chi connectivity index (χ1) is 4.34. The molecule has 0 heteroatoms. The van der Waals surface area contributed by atoms with Crippen LogP contribution in [0.2, 0.25) is 0 Å². The van der Waals surface area contributed by atoms with Gasteiger partial charge in [0.1, 0.15) is 0 Å². The highest BCUT2D eigenvalue weighted by Crippen LogP contribution is 2.26. The van der Waals surface area contributed by atoms with Crippen molar-refractivity contribution in [3.05, 3.63) is 11.6 Å². The minimum atomic E-state index is 0.916. The molecular weight excluding hydrogens is 108 g/mol. The van der Waals surface area contributed by atoms with E-state index in [4.69, 9.17) is 0 Å². The van der Waals surface area contributed by atoms with E-state index in [1.165, 1.54) is 25.7 Å². The molecule has 0 amide bonds. The predicted molar refractivity (Wildman–Crippen MR) is 41.4 cm³/mol. The second kappa shape index (κ2) is 3.05. The molecule has 1 atom stereocenters. The van der Waals surface area contributed by atoms with Crippen molar-refractivity contribution in [1.29, 1.82) is 0 Å². The largest absolute Gasteiger partial charge is 0.0853 e. The minimum Gasteiger partial charge on any atom is -0.0853 e. The van der Waals surface area contributed by atoms with Gasteiger partial charge >= 0.3 is 0 Å². The highest BCUT2D eigenvalue weighted by Gasteiger charge is 2.10. The Morgan fingerprint density at radius 1 is 1.67 bits per heavy atom. The molecule has 0 N–H and O–H groups in total. The average molecular weight is 124 g/mol. The van der Waals surface area contributed by atoms with Crippen LogP contribution in [0.15, 0.2) is 11.6 Å². The summed E-state index contributed by atoms with van der Waals surface area (Å²) in [5.74, 6) is 0.916. The third-order valence-corrected chi connectivity index (χ3v) is 2.36. The van der Waals surface area contributed by atoms with Gasteiger partial charge in [-0.05, 0) is 38.5 Å². The quantitative estimate of drug-likeness (QED) is 0.471. The zero-order valence-corrected chi connectivity index (χ0v) is 6.48. The van der Waals surface area contributed by atoms with Gasteiger partial charge in [-0.1, -0.05) is 18.6 Å². The summed E-state index contributed by atoms with van der Waals surface area (Å²) < 4.78 is 0. The molecule has 0 saturated heterocycles. The van der Waals surface area contributed by atoms with Crippen molar-refractivity contribution in [2.24, 2.45) is 5.92 Å². The lowest BCUT2D eigenvalue weighted by molar-refractivity contribution is 0.497. The maximum Gasteiger partial charge on any atom is -0.0209 e. The molecule has 0 nitrogen and oxygen atoms in total. The molecular formula is C9H16. The molecule has 52 valence electrons. The SMILES string of the molecule is CC[C@@H]1CCCC=C1C. The standard InChI is InChI=1S/C9H16/c1-3-9-7-5-4-6-8(9)2/h6,9H,3-5,7H2,1-2H3/t9-/m1/s1. The van der Waals surface area contributed by atoms with Crippen LogP contribution in [0.1, 0.15) is 39.5 Å². The molecule has 1 aliphatic carbocycles. The molecule has 0 bridgehead atoms. The Morgan fingerprint density at radius 2 is 2.44 bits per heavy atom. The van der Waals surface area contributed by atoms with Crippen LogP contribution in [-0.4, -0.2) is 0 Å². The maximum atomic E-state index is 2.40. The van der Waals surface area contributed by atoms with Gasteiger partial charge in [0.05, 0.1) is 0 Å². The zero-order valence-electron chi connectivity index (χ0n) is 6.48. The zero-order chi connectivity index (χ0) is 6.69. The van der Waals surface area contributed by atoms with Crippen molar-refractivity contribution in [2.75, 3.05) is 0 Å². The maximum absolute atomic E-state index is 2.40. The number of hydrogen-bond acceptors (Lipinski definition) is 0. The fraction of sp³-hybridized carbons (Fsp3) is 0.778. The topological polar surface area (TPSA) is 0 Å². The van der Waals surface area contributed by atoms with E-state index >= 15 is 0 Å². The van der Waals surface area contributed by atoms with Crippen LogP contribution in [-0.2, 0) is 0 Å². The molecule has 0 aromatic heterocycles. The van der Waals surface area contributed by atoms with E-state index in [2.05, 4.69) is 19.9 Å². The fourth-order valence-electron chi connectivity index (χ4n) is 1.61. The lowest BCUT2D eigenvalue weighted by atomic mass is 9.87. The van der Waals surface area contributed by atoms with Gasteiger partial charge in [-0.15, -0.1) is 0 Å². The first-order valence-electron chi connectivity index (χ1n) is 4.01. The number of hydrogen-bond donors (Lipinski definition) is 0. The van der Waals surface area contributed by atoms with E-state index in [-0.39, 0.29) is 0 Å². The highest BCUT2D eigenvalue weighted by molar-refractivity contribution is 5.05. The molecule has 0 aromatic carbocycles. The molecule has 0 aliphatic heterocycles. The Hall–Kier alpha value is -0.260. The molecule has 0 radical (unpaired) electrons. The van der Waals surface area contributed by atoms with E-state index in [1.807, 2.05) is 0 Å². The summed E-state index contributed by atoms with van der Waals surface area (Å²) in [6.45, 7) is 4.56. The second-order valence-electron chi connectivity index (χ2n) is 2.98. The van der Waals surface area contributed by atoms with Gasteiger partial charge in [0, 0.05) is 0 Å². The molecule has 0 heterocycles. The van der Waals surface area contributed by atoms with Gasteiger partial charge in [-0.25, -0.2) is 0 Å². The summed E-state index contributed by atoms with van der Waals surface area (Å²) in [6.07, 6.45) is 7.90. The summed E-state index contributed by atoms with van der Waals surface area (Å²) in [6, 6.07) is 0. The molecule has 9 heavy (non-hydrogen) atoms. The van der Waals surface area contributed by atoms with Crippen LogP contribution in [0.3, 0.4) is 0 Å². The molecule has 1 aliphatic rings. The van der Waals surface area contributed by atoms with Gasteiger partial charge in [0.2, 0.25) is 0 Å². The van der Waals surface area contributed by atoms with Gasteiger partial charge in [-0.3, -0.25) is 0 Å². The van der Waals surface area contributed by atoms with E-state index in [0.29, 0.717) is 0 Å². The number of allylic oxidation sites excluding steroid dienone is 2. The van der Waals surface area contributed by atoms with Crippen molar-refractivity contribution in [2.45, 2.75) is 39.5 Å². The summed E-state index contributed by atoms with van der Waals surface area (Å²) >= 11 is 0. The third kappa shape index (κ3) is 1.57. The van der Waals surface area contributed by atoms with Crippen LogP contribution in [0, 0.1) is 5.92 Å². The van der Waals surface area contributed by atoms with Crippen LogP contribution in [0.25, 0.3) is 0 Å². The van der Waals surface area contributed by atoms with Crippen LogP contribution < -0.4 is 0 Å². The lowest BCUT2D eigenvalue weighted by Crippen LogP contribution is -2.04. The fourth-order valence-corrected chi connectivity index (χ4v) is 1.61. The van der Waals surface area contributed by atoms with E-state index in [1.54, 1.807) is 5.57 Å². The second-order valence-corrected chi connectivity index (χ2v) is 2.98. The Morgan fingerprint density at radius 3 is 2.89 bits per heavy atom. The average Bonchev–Trinajstić information content (AvgIpc) is 1.89. The Labute approximate surface area is 58.0 Å². The molecule has 1 rings (SSSR count). The Bertz CT molecular complexity index is 111. The summed E-state index contributed by atoms with van der Waals surface area (Å²) in [4.78, 5) is 0. The number of rotatable bonds is 1. The molecule has 0 unspecified atom stereocenters. The van der Waals surface area contributed by atoms with Gasteiger partial charge < -0.3 is 0 Å². The summed E-state index contributed by atoms with van der Waals surface area (Å²) in [5.41, 5.74) is 1.63. The Balaban J connectivity index is 2.50. The Kier molecular flexibility index (Phi) is 2.32. The van der Waals surface area contributed by atoms with Crippen LogP contribution in [0.4, 0.5) is 0 Å². The molecule has 0 aromatic rings.